The smallest absolute Gasteiger partial charge is 0.0974 e. The minimum atomic E-state index is -0.0834. The predicted molar refractivity (Wildman–Crippen MR) is 43.4 cm³/mol. The van der Waals surface area contributed by atoms with E-state index in [1.807, 2.05) is 0 Å². The van der Waals surface area contributed by atoms with Gasteiger partial charge in [0.15, 0.2) is 0 Å². The third-order valence-electron chi connectivity index (χ3n) is 2.02. The lowest BCUT2D eigenvalue weighted by Gasteiger charge is -2.18. The van der Waals surface area contributed by atoms with E-state index in [1.165, 1.54) is 0 Å². The second kappa shape index (κ2) is 6.58. The van der Waals surface area contributed by atoms with E-state index < -0.39 is 0 Å². The zero-order chi connectivity index (χ0) is 8.69. The van der Waals surface area contributed by atoms with Gasteiger partial charge >= 0.3 is 0 Å². The van der Waals surface area contributed by atoms with Gasteiger partial charge in [-0.15, -0.1) is 0 Å². The molecule has 0 bridgehead atoms. The highest BCUT2D eigenvalue weighted by atomic mass is 17.1. The summed E-state index contributed by atoms with van der Waals surface area (Å²) in [6.07, 6.45) is 1.68. The Morgan fingerprint density at radius 2 is 2.09 bits per heavy atom. The highest BCUT2D eigenvalue weighted by Crippen LogP contribution is 2.13. The molecule has 0 amide bonds. The topological polar surface area (TPSA) is 38.7 Å². The zero-order valence-electron chi connectivity index (χ0n) is 7.54. The van der Waals surface area contributed by atoms with E-state index in [2.05, 4.69) is 18.7 Å². The highest BCUT2D eigenvalue weighted by molar-refractivity contribution is 4.63. The van der Waals surface area contributed by atoms with E-state index in [4.69, 9.17) is 9.99 Å². The lowest BCUT2D eigenvalue weighted by molar-refractivity contribution is -0.291. The maximum absolute atomic E-state index is 8.50. The van der Waals surface area contributed by atoms with Crippen LogP contribution < -0.4 is 0 Å². The van der Waals surface area contributed by atoms with Gasteiger partial charge in [-0.1, -0.05) is 20.3 Å². The normalized spacial score (nSPS) is 16.4. The Morgan fingerprint density at radius 3 is 2.45 bits per heavy atom. The van der Waals surface area contributed by atoms with Gasteiger partial charge in [0.05, 0.1) is 6.10 Å². The van der Waals surface area contributed by atoms with Crippen molar-refractivity contribution in [2.45, 2.75) is 32.8 Å². The summed E-state index contributed by atoms with van der Waals surface area (Å²) in [6, 6.07) is 0. The van der Waals surface area contributed by atoms with E-state index in [0.29, 0.717) is 12.5 Å². The van der Waals surface area contributed by atoms with Gasteiger partial charge in [0.2, 0.25) is 0 Å². The summed E-state index contributed by atoms with van der Waals surface area (Å²) in [7, 11) is 1.64. The monoisotopic (exact) mass is 162 g/mol. The molecule has 0 aliphatic heterocycles. The first-order chi connectivity index (χ1) is 5.26. The Labute approximate surface area is 68.2 Å². The second-order valence-electron chi connectivity index (χ2n) is 2.81. The lowest BCUT2D eigenvalue weighted by Crippen LogP contribution is -2.21. The standard InChI is InChI=1S/C8H18O3/c1-4-7(2)8(11-9)5-6-10-3/h7-9H,4-6H2,1-3H3. The van der Waals surface area contributed by atoms with Crippen molar-refractivity contribution in [3.63, 3.8) is 0 Å². The first-order valence-electron chi connectivity index (χ1n) is 4.05. The average Bonchev–Trinajstić information content (AvgIpc) is 2.05. The molecule has 0 aromatic rings. The molecule has 11 heavy (non-hydrogen) atoms. The molecule has 0 aromatic carbocycles. The summed E-state index contributed by atoms with van der Waals surface area (Å²) in [6.45, 7) is 4.76. The van der Waals surface area contributed by atoms with Gasteiger partial charge in [-0.05, 0) is 5.92 Å². The first-order valence-corrected chi connectivity index (χ1v) is 4.05. The maximum Gasteiger partial charge on any atom is 0.0974 e. The van der Waals surface area contributed by atoms with Crippen LogP contribution in [-0.4, -0.2) is 25.1 Å². The van der Waals surface area contributed by atoms with Crippen molar-refractivity contribution in [1.29, 1.82) is 0 Å². The predicted octanol–water partition coefficient (Wildman–Crippen LogP) is 1.93. The van der Waals surface area contributed by atoms with Crippen molar-refractivity contribution in [1.82, 2.24) is 0 Å². The van der Waals surface area contributed by atoms with E-state index in [1.54, 1.807) is 7.11 Å². The van der Waals surface area contributed by atoms with Crippen molar-refractivity contribution < 1.29 is 14.9 Å². The van der Waals surface area contributed by atoms with Crippen LogP contribution in [0, 0.1) is 5.92 Å². The first kappa shape index (κ1) is 10.9. The quantitative estimate of drug-likeness (QED) is 0.479. The van der Waals surface area contributed by atoms with E-state index in [0.717, 1.165) is 12.8 Å². The fraction of sp³-hybridized carbons (Fsp3) is 1.00. The molecular formula is C8H18O3. The Bertz CT molecular complexity index is 85.4. The van der Waals surface area contributed by atoms with Crippen molar-refractivity contribution in [2.24, 2.45) is 5.92 Å². The Balaban J connectivity index is 3.56. The molecule has 0 saturated heterocycles. The molecule has 0 fully saturated rings. The molecule has 3 nitrogen and oxygen atoms in total. The Morgan fingerprint density at radius 1 is 1.45 bits per heavy atom. The van der Waals surface area contributed by atoms with E-state index in [-0.39, 0.29) is 6.10 Å². The van der Waals surface area contributed by atoms with Crippen molar-refractivity contribution in [3.05, 3.63) is 0 Å². The molecule has 0 aliphatic rings. The van der Waals surface area contributed by atoms with Crippen LogP contribution in [0.3, 0.4) is 0 Å². The Hall–Kier alpha value is -0.120. The van der Waals surface area contributed by atoms with E-state index >= 15 is 0 Å². The van der Waals surface area contributed by atoms with Gasteiger partial charge in [-0.25, -0.2) is 4.89 Å². The van der Waals surface area contributed by atoms with Crippen LogP contribution in [0.1, 0.15) is 26.7 Å². The minimum Gasteiger partial charge on any atom is -0.385 e. The number of rotatable bonds is 6. The van der Waals surface area contributed by atoms with Gasteiger partial charge in [0.25, 0.3) is 0 Å². The van der Waals surface area contributed by atoms with Gasteiger partial charge < -0.3 is 4.74 Å². The number of hydrogen-bond donors (Lipinski definition) is 1. The van der Waals surface area contributed by atoms with Crippen LogP contribution in [0.25, 0.3) is 0 Å². The molecule has 0 radical (unpaired) electrons. The van der Waals surface area contributed by atoms with Crippen molar-refractivity contribution in [2.75, 3.05) is 13.7 Å². The molecule has 0 aromatic heterocycles. The van der Waals surface area contributed by atoms with E-state index in [9.17, 15) is 0 Å². The third kappa shape index (κ3) is 4.35. The molecule has 0 saturated carbocycles. The van der Waals surface area contributed by atoms with Crippen molar-refractivity contribution >= 4 is 0 Å². The largest absolute Gasteiger partial charge is 0.385 e. The van der Waals surface area contributed by atoms with Gasteiger partial charge in [-0.3, -0.25) is 5.26 Å². The van der Waals surface area contributed by atoms with Crippen molar-refractivity contribution in [3.8, 4) is 0 Å². The van der Waals surface area contributed by atoms with Crippen LogP contribution >= 0.6 is 0 Å². The van der Waals surface area contributed by atoms with Gasteiger partial charge in [0, 0.05) is 20.1 Å². The van der Waals surface area contributed by atoms with Gasteiger partial charge in [-0.2, -0.15) is 0 Å². The summed E-state index contributed by atoms with van der Waals surface area (Å²) in [5.74, 6) is 0.384. The molecule has 3 heteroatoms. The number of hydrogen-bond acceptors (Lipinski definition) is 3. The van der Waals surface area contributed by atoms with Crippen LogP contribution in [0.5, 0.6) is 0 Å². The Kier molecular flexibility index (Phi) is 6.51. The molecule has 2 unspecified atom stereocenters. The maximum atomic E-state index is 8.50. The third-order valence-corrected chi connectivity index (χ3v) is 2.02. The molecule has 0 aliphatic carbocycles. The summed E-state index contributed by atoms with van der Waals surface area (Å²) < 4.78 is 4.88. The van der Waals surface area contributed by atoms with Crippen LogP contribution in [0.4, 0.5) is 0 Å². The minimum absolute atomic E-state index is 0.0834. The fourth-order valence-electron chi connectivity index (χ4n) is 0.938. The molecule has 0 rings (SSSR count). The van der Waals surface area contributed by atoms with Crippen LogP contribution in [0.15, 0.2) is 0 Å². The SMILES string of the molecule is CCC(C)C(CCOC)OO. The molecule has 1 N–H and O–H groups in total. The fourth-order valence-corrected chi connectivity index (χ4v) is 0.938. The average molecular weight is 162 g/mol. The summed E-state index contributed by atoms with van der Waals surface area (Å²) in [5.41, 5.74) is 0. The number of methoxy groups -OCH3 is 1. The highest BCUT2D eigenvalue weighted by Gasteiger charge is 2.15. The molecular weight excluding hydrogens is 144 g/mol. The number of ether oxygens (including phenoxy) is 1. The second-order valence-corrected chi connectivity index (χ2v) is 2.81. The summed E-state index contributed by atoms with van der Waals surface area (Å²) in [4.78, 5) is 4.33. The van der Waals surface area contributed by atoms with Crippen LogP contribution in [-0.2, 0) is 9.62 Å². The molecule has 0 spiro atoms. The molecule has 2 atom stereocenters. The van der Waals surface area contributed by atoms with Gasteiger partial charge in [0.1, 0.15) is 0 Å². The van der Waals surface area contributed by atoms with Crippen LogP contribution in [0.2, 0.25) is 0 Å². The molecule has 68 valence electrons. The lowest BCUT2D eigenvalue weighted by atomic mass is 10.00. The summed E-state index contributed by atoms with van der Waals surface area (Å²) in [5, 5.41) is 8.50. The zero-order valence-corrected chi connectivity index (χ0v) is 7.54. The molecule has 0 heterocycles. The summed E-state index contributed by atoms with van der Waals surface area (Å²) >= 11 is 0.